The number of rotatable bonds is 5. The van der Waals surface area contributed by atoms with Crippen LogP contribution in [0.1, 0.15) is 50.2 Å². The lowest BCUT2D eigenvalue weighted by Gasteiger charge is -2.38. The molecule has 3 amide bonds. The summed E-state index contributed by atoms with van der Waals surface area (Å²) in [4.78, 5) is 31.4. The normalized spacial score (nSPS) is 20.2. The summed E-state index contributed by atoms with van der Waals surface area (Å²) in [7, 11) is 0. The van der Waals surface area contributed by atoms with E-state index >= 15 is 0 Å². The van der Waals surface area contributed by atoms with E-state index in [1.165, 1.54) is 25.7 Å². The van der Waals surface area contributed by atoms with E-state index in [0.29, 0.717) is 32.7 Å². The van der Waals surface area contributed by atoms with Crippen molar-refractivity contribution in [3.8, 4) is 5.75 Å². The Morgan fingerprint density at radius 3 is 2.58 bits per heavy atom. The minimum absolute atomic E-state index is 0.0590. The second-order valence-electron chi connectivity index (χ2n) is 8.90. The highest BCUT2D eigenvalue weighted by Crippen LogP contribution is 2.26. The molecule has 2 fully saturated rings. The van der Waals surface area contributed by atoms with E-state index in [-0.39, 0.29) is 11.9 Å². The summed E-state index contributed by atoms with van der Waals surface area (Å²) >= 11 is 0. The van der Waals surface area contributed by atoms with Crippen LogP contribution in [0.2, 0.25) is 0 Å². The Kier molecular flexibility index (Phi) is 7.33. The van der Waals surface area contributed by atoms with Gasteiger partial charge < -0.3 is 19.9 Å². The van der Waals surface area contributed by atoms with Gasteiger partial charge in [0, 0.05) is 50.7 Å². The molecule has 1 N–H and O–H groups in total. The first-order chi connectivity index (χ1) is 15.1. The van der Waals surface area contributed by atoms with Crippen LogP contribution >= 0.6 is 0 Å². The Balaban J connectivity index is 1.29. The first-order valence-corrected chi connectivity index (χ1v) is 11.9. The minimum Gasteiger partial charge on any atom is -0.491 e. The van der Waals surface area contributed by atoms with E-state index in [2.05, 4.69) is 16.3 Å². The second kappa shape index (κ2) is 10.4. The fourth-order valence-corrected chi connectivity index (χ4v) is 5.05. The van der Waals surface area contributed by atoms with Crippen LogP contribution in [0.3, 0.4) is 0 Å². The Labute approximate surface area is 185 Å². The summed E-state index contributed by atoms with van der Waals surface area (Å²) in [5, 5.41) is 2.86. The third kappa shape index (κ3) is 5.50. The predicted molar refractivity (Wildman–Crippen MR) is 120 cm³/mol. The number of hydrogen-bond donors (Lipinski definition) is 1. The Morgan fingerprint density at radius 1 is 1.06 bits per heavy atom. The summed E-state index contributed by atoms with van der Waals surface area (Å²) in [6.07, 6.45) is 6.62. The van der Waals surface area contributed by atoms with Crippen molar-refractivity contribution in [2.24, 2.45) is 0 Å². The lowest BCUT2D eigenvalue weighted by Crippen LogP contribution is -2.51. The molecular formula is C24H36N4O3. The number of benzene rings is 1. The predicted octanol–water partition coefficient (Wildman–Crippen LogP) is 2.63. The second-order valence-corrected chi connectivity index (χ2v) is 8.90. The van der Waals surface area contributed by atoms with E-state index in [1.807, 2.05) is 24.0 Å². The lowest BCUT2D eigenvalue weighted by atomic mass is 10.0. The molecule has 4 rings (SSSR count). The summed E-state index contributed by atoms with van der Waals surface area (Å²) in [5.74, 6) is 1.09. The summed E-state index contributed by atoms with van der Waals surface area (Å²) in [6, 6.07) is 6.82. The van der Waals surface area contributed by atoms with Crippen LogP contribution in [0.4, 0.5) is 4.79 Å². The molecule has 1 aromatic rings. The standard InChI is InChI=1S/C24H36N4O3/c1-2-25-24(30)28-15-16-31-22-9-7-19(17-20(22)18-28)8-10-23(29)27-13-11-26(12-14-27)21-5-3-4-6-21/h7,9,17,21H,2-6,8,10-16,18H2,1H3,(H,25,30). The smallest absolute Gasteiger partial charge is 0.317 e. The van der Waals surface area contributed by atoms with Gasteiger partial charge in [-0.2, -0.15) is 0 Å². The number of piperazine rings is 1. The number of hydrogen-bond acceptors (Lipinski definition) is 4. The van der Waals surface area contributed by atoms with Gasteiger partial charge in [0.25, 0.3) is 0 Å². The average molecular weight is 429 g/mol. The van der Waals surface area contributed by atoms with E-state index in [4.69, 9.17) is 4.74 Å². The molecule has 1 saturated carbocycles. The van der Waals surface area contributed by atoms with Crippen molar-refractivity contribution in [2.75, 3.05) is 45.9 Å². The van der Waals surface area contributed by atoms with Gasteiger partial charge in [-0.05, 0) is 37.8 Å². The average Bonchev–Trinajstić information content (AvgIpc) is 3.24. The number of urea groups is 1. The van der Waals surface area contributed by atoms with Crippen LogP contribution in [-0.2, 0) is 17.8 Å². The first-order valence-electron chi connectivity index (χ1n) is 11.9. The highest BCUT2D eigenvalue weighted by Gasteiger charge is 2.27. The highest BCUT2D eigenvalue weighted by molar-refractivity contribution is 5.76. The lowest BCUT2D eigenvalue weighted by molar-refractivity contribution is -0.133. The van der Waals surface area contributed by atoms with E-state index in [0.717, 1.165) is 55.5 Å². The third-order valence-corrected chi connectivity index (χ3v) is 6.86. The van der Waals surface area contributed by atoms with E-state index in [1.54, 1.807) is 4.90 Å². The molecular weight excluding hydrogens is 392 g/mol. The van der Waals surface area contributed by atoms with Crippen molar-refractivity contribution in [1.82, 2.24) is 20.0 Å². The Bertz CT molecular complexity index is 770. The number of aryl methyl sites for hydroxylation is 1. The van der Waals surface area contributed by atoms with Gasteiger partial charge in [-0.3, -0.25) is 9.69 Å². The molecule has 1 saturated heterocycles. The van der Waals surface area contributed by atoms with Crippen LogP contribution in [-0.4, -0.2) is 78.6 Å². The number of fused-ring (bicyclic) bond motifs is 1. The van der Waals surface area contributed by atoms with Crippen LogP contribution in [0.5, 0.6) is 5.75 Å². The molecule has 2 aliphatic heterocycles. The molecule has 1 aromatic carbocycles. The zero-order chi connectivity index (χ0) is 21.6. The number of carbonyl (C=O) groups excluding carboxylic acids is 2. The van der Waals surface area contributed by atoms with Gasteiger partial charge in [0.2, 0.25) is 5.91 Å². The number of nitrogens with one attached hydrogen (secondary N) is 1. The molecule has 3 aliphatic rings. The molecule has 0 unspecified atom stereocenters. The van der Waals surface area contributed by atoms with Crippen molar-refractivity contribution in [3.05, 3.63) is 29.3 Å². The van der Waals surface area contributed by atoms with Crippen molar-refractivity contribution in [3.63, 3.8) is 0 Å². The molecule has 7 heteroatoms. The summed E-state index contributed by atoms with van der Waals surface area (Å²) in [5.41, 5.74) is 2.14. The molecule has 7 nitrogen and oxygen atoms in total. The van der Waals surface area contributed by atoms with Gasteiger partial charge in [0.15, 0.2) is 0 Å². The van der Waals surface area contributed by atoms with Gasteiger partial charge in [-0.15, -0.1) is 0 Å². The summed E-state index contributed by atoms with van der Waals surface area (Å²) in [6.45, 7) is 7.88. The Morgan fingerprint density at radius 2 is 1.84 bits per heavy atom. The molecule has 0 bridgehead atoms. The largest absolute Gasteiger partial charge is 0.491 e. The molecule has 0 atom stereocenters. The number of ether oxygens (including phenoxy) is 1. The molecule has 0 spiro atoms. The molecule has 170 valence electrons. The maximum absolute atomic E-state index is 12.8. The number of amides is 3. The highest BCUT2D eigenvalue weighted by atomic mass is 16.5. The number of nitrogens with zero attached hydrogens (tertiary/aromatic N) is 3. The van der Waals surface area contributed by atoms with Gasteiger partial charge in [0.1, 0.15) is 12.4 Å². The molecule has 0 aromatic heterocycles. The van der Waals surface area contributed by atoms with Crippen molar-refractivity contribution in [1.29, 1.82) is 0 Å². The molecule has 31 heavy (non-hydrogen) atoms. The Hall–Kier alpha value is -2.28. The third-order valence-electron chi connectivity index (χ3n) is 6.86. The monoisotopic (exact) mass is 428 g/mol. The minimum atomic E-state index is -0.0590. The van der Waals surface area contributed by atoms with Gasteiger partial charge in [0.05, 0.1) is 13.1 Å². The summed E-state index contributed by atoms with van der Waals surface area (Å²) < 4.78 is 5.83. The van der Waals surface area contributed by atoms with Gasteiger partial charge in [-0.25, -0.2) is 4.79 Å². The molecule has 2 heterocycles. The first kappa shape index (κ1) is 21.9. The topological polar surface area (TPSA) is 65.1 Å². The van der Waals surface area contributed by atoms with Crippen molar-refractivity contribution >= 4 is 11.9 Å². The maximum atomic E-state index is 12.8. The quantitative estimate of drug-likeness (QED) is 0.783. The van der Waals surface area contributed by atoms with Crippen LogP contribution in [0.25, 0.3) is 0 Å². The van der Waals surface area contributed by atoms with E-state index in [9.17, 15) is 9.59 Å². The molecule has 0 radical (unpaired) electrons. The number of carbonyl (C=O) groups is 2. The maximum Gasteiger partial charge on any atom is 0.317 e. The van der Waals surface area contributed by atoms with Crippen LogP contribution in [0.15, 0.2) is 18.2 Å². The fraction of sp³-hybridized carbons (Fsp3) is 0.667. The van der Waals surface area contributed by atoms with Crippen molar-refractivity contribution < 1.29 is 14.3 Å². The van der Waals surface area contributed by atoms with Gasteiger partial charge in [-0.1, -0.05) is 25.0 Å². The van der Waals surface area contributed by atoms with E-state index < -0.39 is 0 Å². The van der Waals surface area contributed by atoms with Gasteiger partial charge >= 0.3 is 6.03 Å². The fourth-order valence-electron chi connectivity index (χ4n) is 5.05. The van der Waals surface area contributed by atoms with Crippen LogP contribution < -0.4 is 10.1 Å². The zero-order valence-corrected chi connectivity index (χ0v) is 18.8. The molecule has 1 aliphatic carbocycles. The van der Waals surface area contributed by atoms with Crippen molar-refractivity contribution in [2.45, 2.75) is 58.0 Å². The SMILES string of the molecule is CCNC(=O)N1CCOc2ccc(CCC(=O)N3CCN(C4CCCC4)CC3)cc2C1. The van der Waals surface area contributed by atoms with Crippen LogP contribution in [0, 0.1) is 0 Å². The zero-order valence-electron chi connectivity index (χ0n) is 18.8.